The van der Waals surface area contributed by atoms with E-state index in [2.05, 4.69) is 6.92 Å². The topological polar surface area (TPSA) is 63.6 Å². The van der Waals surface area contributed by atoms with Crippen LogP contribution in [0.5, 0.6) is 0 Å². The smallest absolute Gasteiger partial charge is 0.339 e. The molecule has 0 amide bonds. The molecule has 0 fully saturated rings. The minimum Gasteiger partial charge on any atom is -0.478 e. The highest BCUT2D eigenvalue weighted by molar-refractivity contribution is 6.02. The molecule has 0 heterocycles. The van der Waals surface area contributed by atoms with E-state index in [1.165, 1.54) is 76.3 Å². The fourth-order valence-corrected chi connectivity index (χ4v) is 3.03. The van der Waals surface area contributed by atoms with Crippen molar-refractivity contribution < 1.29 is 19.4 Å². The molecular weight excluding hydrogens is 328 g/mol. The van der Waals surface area contributed by atoms with Crippen molar-refractivity contribution in [2.75, 3.05) is 6.61 Å². The number of unbranched alkanes of at least 4 members (excludes halogenated alkanes) is 11. The average molecular weight is 363 g/mol. The Kier molecular flexibility index (Phi) is 12.2. The molecule has 4 nitrogen and oxygen atoms in total. The molecule has 4 heteroatoms. The van der Waals surface area contributed by atoms with Crippen LogP contribution in [0.2, 0.25) is 0 Å². The third kappa shape index (κ3) is 9.59. The van der Waals surface area contributed by atoms with Crippen molar-refractivity contribution in [3.05, 3.63) is 35.4 Å². The van der Waals surface area contributed by atoms with Crippen LogP contribution in [0.3, 0.4) is 0 Å². The third-order valence-corrected chi connectivity index (χ3v) is 4.61. The van der Waals surface area contributed by atoms with Crippen LogP contribution in [0.25, 0.3) is 0 Å². The van der Waals surface area contributed by atoms with Gasteiger partial charge in [0.1, 0.15) is 0 Å². The lowest BCUT2D eigenvalue weighted by atomic mass is 10.1. The molecule has 1 rings (SSSR count). The van der Waals surface area contributed by atoms with E-state index < -0.39 is 11.9 Å². The molecule has 0 atom stereocenters. The fourth-order valence-electron chi connectivity index (χ4n) is 3.03. The predicted octanol–water partition coefficient (Wildman–Crippen LogP) is 6.24. The SMILES string of the molecule is CCCCCCCCCCCCCCOC(=O)c1ccccc1C(=O)O. The van der Waals surface area contributed by atoms with Crippen LogP contribution in [0.4, 0.5) is 0 Å². The first-order valence-electron chi connectivity index (χ1n) is 10.2. The predicted molar refractivity (Wildman–Crippen MR) is 105 cm³/mol. The first kappa shape index (κ1) is 22.2. The van der Waals surface area contributed by atoms with Crippen LogP contribution in [0, 0.1) is 0 Å². The summed E-state index contributed by atoms with van der Waals surface area (Å²) >= 11 is 0. The van der Waals surface area contributed by atoms with E-state index in [1.807, 2.05) is 0 Å². The van der Waals surface area contributed by atoms with Gasteiger partial charge in [-0.3, -0.25) is 0 Å². The van der Waals surface area contributed by atoms with E-state index in [-0.39, 0.29) is 11.1 Å². The van der Waals surface area contributed by atoms with Crippen molar-refractivity contribution in [2.45, 2.75) is 84.0 Å². The Morgan fingerprint density at radius 2 is 1.23 bits per heavy atom. The molecule has 0 spiro atoms. The third-order valence-electron chi connectivity index (χ3n) is 4.61. The molecular formula is C22H34O4. The van der Waals surface area contributed by atoms with Crippen LogP contribution in [0.15, 0.2) is 24.3 Å². The Bertz CT molecular complexity index is 525. The number of hydrogen-bond donors (Lipinski definition) is 1. The van der Waals surface area contributed by atoms with E-state index in [4.69, 9.17) is 9.84 Å². The normalized spacial score (nSPS) is 10.7. The molecule has 0 aliphatic carbocycles. The van der Waals surface area contributed by atoms with Crippen LogP contribution in [-0.2, 0) is 4.74 Å². The highest BCUT2D eigenvalue weighted by atomic mass is 16.5. The molecule has 0 saturated carbocycles. The summed E-state index contributed by atoms with van der Waals surface area (Å²) in [5.74, 6) is -1.66. The summed E-state index contributed by atoms with van der Waals surface area (Å²) in [6, 6.07) is 6.16. The highest BCUT2D eigenvalue weighted by Gasteiger charge is 2.16. The lowest BCUT2D eigenvalue weighted by molar-refractivity contribution is 0.0487. The summed E-state index contributed by atoms with van der Waals surface area (Å²) in [5, 5.41) is 9.09. The maximum atomic E-state index is 12.0. The van der Waals surface area contributed by atoms with Gasteiger partial charge in [-0.15, -0.1) is 0 Å². The Balaban J connectivity index is 2.01. The van der Waals surface area contributed by atoms with E-state index in [9.17, 15) is 9.59 Å². The molecule has 26 heavy (non-hydrogen) atoms. The molecule has 1 N–H and O–H groups in total. The summed E-state index contributed by atoms with van der Waals surface area (Å²) in [6.45, 7) is 2.60. The second kappa shape index (κ2) is 14.3. The van der Waals surface area contributed by atoms with Gasteiger partial charge in [0.05, 0.1) is 17.7 Å². The summed E-state index contributed by atoms with van der Waals surface area (Å²) < 4.78 is 5.21. The Morgan fingerprint density at radius 1 is 0.769 bits per heavy atom. The number of ether oxygens (including phenoxy) is 1. The van der Waals surface area contributed by atoms with Crippen molar-refractivity contribution >= 4 is 11.9 Å². The molecule has 0 radical (unpaired) electrons. The van der Waals surface area contributed by atoms with Gasteiger partial charge in [0.15, 0.2) is 0 Å². The average Bonchev–Trinajstić information content (AvgIpc) is 2.65. The lowest BCUT2D eigenvalue weighted by Gasteiger charge is -2.07. The molecule has 0 aliphatic heterocycles. The van der Waals surface area contributed by atoms with E-state index in [1.54, 1.807) is 12.1 Å². The lowest BCUT2D eigenvalue weighted by Crippen LogP contribution is -2.12. The molecule has 0 unspecified atom stereocenters. The first-order chi connectivity index (χ1) is 12.7. The Morgan fingerprint density at radius 3 is 1.73 bits per heavy atom. The minimum atomic E-state index is -1.11. The number of carbonyl (C=O) groups excluding carboxylic acids is 1. The van der Waals surface area contributed by atoms with Crippen LogP contribution < -0.4 is 0 Å². The van der Waals surface area contributed by atoms with Gasteiger partial charge >= 0.3 is 11.9 Å². The minimum absolute atomic E-state index is 0.00723. The summed E-state index contributed by atoms with van der Waals surface area (Å²) in [4.78, 5) is 23.1. The molecule has 0 saturated heterocycles. The molecule has 1 aromatic carbocycles. The van der Waals surface area contributed by atoms with E-state index in [0.717, 1.165) is 12.8 Å². The molecule has 146 valence electrons. The number of hydrogen-bond acceptors (Lipinski definition) is 3. The van der Waals surface area contributed by atoms with Gasteiger partial charge in [0.25, 0.3) is 0 Å². The van der Waals surface area contributed by atoms with Gasteiger partial charge in [-0.25, -0.2) is 9.59 Å². The van der Waals surface area contributed by atoms with Crippen LogP contribution in [0.1, 0.15) is 105 Å². The highest BCUT2D eigenvalue weighted by Crippen LogP contribution is 2.13. The van der Waals surface area contributed by atoms with Crippen molar-refractivity contribution in [3.8, 4) is 0 Å². The molecule has 1 aromatic rings. The van der Waals surface area contributed by atoms with Gasteiger partial charge < -0.3 is 9.84 Å². The van der Waals surface area contributed by atoms with Crippen molar-refractivity contribution in [1.29, 1.82) is 0 Å². The van der Waals surface area contributed by atoms with Gasteiger partial charge in [0, 0.05) is 0 Å². The van der Waals surface area contributed by atoms with Gasteiger partial charge in [-0.2, -0.15) is 0 Å². The largest absolute Gasteiger partial charge is 0.478 e. The number of esters is 1. The van der Waals surface area contributed by atoms with Gasteiger partial charge in [-0.1, -0.05) is 89.7 Å². The zero-order valence-electron chi connectivity index (χ0n) is 16.2. The quantitative estimate of drug-likeness (QED) is 0.296. The fraction of sp³-hybridized carbons (Fsp3) is 0.636. The molecule has 0 aliphatic rings. The molecule has 0 aromatic heterocycles. The first-order valence-corrected chi connectivity index (χ1v) is 10.2. The zero-order chi connectivity index (χ0) is 19.0. The summed E-state index contributed by atoms with van der Waals surface area (Å²) in [6.07, 6.45) is 15.1. The maximum absolute atomic E-state index is 12.0. The van der Waals surface area contributed by atoms with Crippen LogP contribution >= 0.6 is 0 Å². The second-order valence-corrected chi connectivity index (χ2v) is 6.88. The Labute approximate surface area is 158 Å². The van der Waals surface area contributed by atoms with Crippen LogP contribution in [-0.4, -0.2) is 23.7 Å². The van der Waals surface area contributed by atoms with Crippen molar-refractivity contribution in [2.24, 2.45) is 0 Å². The van der Waals surface area contributed by atoms with Gasteiger partial charge in [-0.05, 0) is 18.6 Å². The van der Waals surface area contributed by atoms with Gasteiger partial charge in [0.2, 0.25) is 0 Å². The number of aromatic carboxylic acids is 1. The van der Waals surface area contributed by atoms with E-state index in [0.29, 0.717) is 6.61 Å². The standard InChI is InChI=1S/C22H34O4/c1-2-3-4-5-6-7-8-9-10-11-12-15-18-26-22(25)20-17-14-13-16-19(20)21(23)24/h13-14,16-17H,2-12,15,18H2,1H3,(H,23,24). The monoisotopic (exact) mass is 362 g/mol. The zero-order valence-corrected chi connectivity index (χ0v) is 16.2. The van der Waals surface area contributed by atoms with Crippen molar-refractivity contribution in [1.82, 2.24) is 0 Å². The number of benzene rings is 1. The maximum Gasteiger partial charge on any atom is 0.339 e. The Hall–Kier alpha value is -1.84. The van der Waals surface area contributed by atoms with E-state index >= 15 is 0 Å². The summed E-state index contributed by atoms with van der Waals surface area (Å²) in [5.41, 5.74) is 0.117. The number of rotatable bonds is 15. The van der Waals surface area contributed by atoms with Crippen molar-refractivity contribution in [3.63, 3.8) is 0 Å². The number of carboxylic acid groups (broad SMARTS) is 1. The number of carbonyl (C=O) groups is 2. The second-order valence-electron chi connectivity index (χ2n) is 6.88. The summed E-state index contributed by atoms with van der Waals surface area (Å²) in [7, 11) is 0. The number of carboxylic acids is 1. The molecule has 0 bridgehead atoms.